The van der Waals surface area contributed by atoms with Gasteiger partial charge in [0.1, 0.15) is 5.82 Å². The Morgan fingerprint density at radius 1 is 1.39 bits per heavy atom. The monoisotopic (exact) mass is 261 g/mol. The van der Waals surface area contributed by atoms with Crippen LogP contribution in [0.4, 0.5) is 0 Å². The number of ether oxygens (including phenoxy) is 1. The van der Waals surface area contributed by atoms with Crippen LogP contribution in [-0.2, 0) is 17.6 Å². The molecule has 0 radical (unpaired) electrons. The Balaban J connectivity index is 1.73. The molecule has 2 aliphatic rings. The Hall–Kier alpha value is -1.17. The third kappa shape index (κ3) is 1.62. The normalized spacial score (nSPS) is 22.6. The van der Waals surface area contributed by atoms with Crippen molar-refractivity contribution in [2.45, 2.75) is 18.9 Å². The fourth-order valence-electron chi connectivity index (χ4n) is 2.72. The maximum atomic E-state index is 5.50. The number of aromatic amines is 1. The Morgan fingerprint density at radius 3 is 3.28 bits per heavy atom. The lowest BCUT2D eigenvalue weighted by atomic mass is 10.0. The molecule has 0 bridgehead atoms. The lowest BCUT2D eigenvalue weighted by Gasteiger charge is -2.21. The number of aromatic nitrogens is 2. The van der Waals surface area contributed by atoms with Crippen LogP contribution >= 0.6 is 11.3 Å². The maximum Gasteiger partial charge on any atom is 0.126 e. The second-order valence-corrected chi connectivity index (χ2v) is 5.79. The van der Waals surface area contributed by atoms with Crippen LogP contribution in [0.3, 0.4) is 0 Å². The minimum atomic E-state index is 0.214. The topological polar surface area (TPSA) is 49.9 Å². The van der Waals surface area contributed by atoms with Crippen LogP contribution in [0.15, 0.2) is 11.4 Å². The Labute approximate surface area is 109 Å². The molecule has 2 N–H and O–H groups in total. The van der Waals surface area contributed by atoms with E-state index < -0.39 is 0 Å². The zero-order chi connectivity index (χ0) is 11.9. The summed E-state index contributed by atoms with van der Waals surface area (Å²) in [5.74, 6) is 1.03. The summed E-state index contributed by atoms with van der Waals surface area (Å²) in [6.45, 7) is 2.41. The molecule has 94 valence electrons. The molecule has 4 nitrogen and oxygen atoms in total. The lowest BCUT2D eigenvalue weighted by molar-refractivity contribution is 0.0745. The van der Waals surface area contributed by atoms with Gasteiger partial charge >= 0.3 is 0 Å². The van der Waals surface area contributed by atoms with Crippen molar-refractivity contribution in [1.29, 1.82) is 0 Å². The van der Waals surface area contributed by atoms with E-state index in [2.05, 4.69) is 21.7 Å². The second kappa shape index (κ2) is 4.19. The average Bonchev–Trinajstić information content (AvgIpc) is 3.05. The van der Waals surface area contributed by atoms with Crippen LogP contribution < -0.4 is 5.32 Å². The summed E-state index contributed by atoms with van der Waals surface area (Å²) in [6.07, 6.45) is 2.21. The molecule has 0 saturated carbocycles. The van der Waals surface area contributed by atoms with Gasteiger partial charge in [-0.15, -0.1) is 11.3 Å². The minimum absolute atomic E-state index is 0.214. The van der Waals surface area contributed by atoms with Crippen molar-refractivity contribution in [3.8, 4) is 11.3 Å². The summed E-state index contributed by atoms with van der Waals surface area (Å²) in [6, 6.07) is 2.40. The molecule has 18 heavy (non-hydrogen) atoms. The van der Waals surface area contributed by atoms with E-state index in [4.69, 9.17) is 9.72 Å². The maximum absolute atomic E-state index is 5.50. The standard InChI is InChI=1S/C13H15N3OS/c1-2-11-8(3-6-18-11)12-9(1)15-13(16-12)10-7-17-5-4-14-10/h3,6,10,14H,1-2,4-5,7H2,(H,15,16). The molecular formula is C13H15N3OS. The molecule has 1 saturated heterocycles. The molecule has 3 heterocycles. The van der Waals surface area contributed by atoms with E-state index in [0.717, 1.165) is 37.5 Å². The number of aryl methyl sites for hydroxylation is 2. The molecule has 0 spiro atoms. The van der Waals surface area contributed by atoms with Crippen LogP contribution in [0.25, 0.3) is 11.3 Å². The molecule has 2 aromatic heterocycles. The first-order valence-electron chi connectivity index (χ1n) is 6.38. The smallest absolute Gasteiger partial charge is 0.126 e. The Bertz CT molecular complexity index is 569. The van der Waals surface area contributed by atoms with E-state index in [-0.39, 0.29) is 6.04 Å². The average molecular weight is 261 g/mol. The van der Waals surface area contributed by atoms with Gasteiger partial charge in [0, 0.05) is 22.7 Å². The number of nitrogens with zero attached hydrogens (tertiary/aromatic N) is 1. The number of fused-ring (bicyclic) bond motifs is 3. The molecule has 1 atom stereocenters. The van der Waals surface area contributed by atoms with Crippen LogP contribution in [0.5, 0.6) is 0 Å². The van der Waals surface area contributed by atoms with Gasteiger partial charge in [-0.25, -0.2) is 4.98 Å². The van der Waals surface area contributed by atoms with Crippen molar-refractivity contribution >= 4 is 11.3 Å². The van der Waals surface area contributed by atoms with Crippen LogP contribution in [0.1, 0.15) is 22.4 Å². The molecule has 1 fully saturated rings. The van der Waals surface area contributed by atoms with Gasteiger partial charge < -0.3 is 15.0 Å². The number of hydrogen-bond donors (Lipinski definition) is 2. The number of H-pyrrole nitrogens is 1. The van der Waals surface area contributed by atoms with Crippen LogP contribution in [0.2, 0.25) is 0 Å². The first-order chi connectivity index (χ1) is 8.92. The number of hydrogen-bond acceptors (Lipinski definition) is 4. The summed E-state index contributed by atoms with van der Waals surface area (Å²) in [4.78, 5) is 9.75. The number of imidazole rings is 1. The Morgan fingerprint density at radius 2 is 2.39 bits per heavy atom. The molecule has 5 heteroatoms. The molecular weight excluding hydrogens is 246 g/mol. The number of nitrogens with one attached hydrogen (secondary N) is 2. The van der Waals surface area contributed by atoms with Crippen molar-refractivity contribution < 1.29 is 4.74 Å². The van der Waals surface area contributed by atoms with E-state index in [1.807, 2.05) is 11.3 Å². The third-order valence-corrected chi connectivity index (χ3v) is 4.63. The van der Waals surface area contributed by atoms with Crippen molar-refractivity contribution in [3.05, 3.63) is 27.8 Å². The lowest BCUT2D eigenvalue weighted by Crippen LogP contribution is -2.35. The van der Waals surface area contributed by atoms with Gasteiger partial charge in [0.05, 0.1) is 24.9 Å². The van der Waals surface area contributed by atoms with Crippen LogP contribution in [0, 0.1) is 0 Å². The highest BCUT2D eigenvalue weighted by Gasteiger charge is 2.25. The molecule has 1 unspecified atom stereocenters. The highest BCUT2D eigenvalue weighted by molar-refractivity contribution is 7.10. The third-order valence-electron chi connectivity index (χ3n) is 3.65. The van der Waals surface area contributed by atoms with Gasteiger partial charge in [0.2, 0.25) is 0 Å². The first kappa shape index (κ1) is 10.7. The summed E-state index contributed by atoms with van der Waals surface area (Å²) in [5.41, 5.74) is 3.75. The van der Waals surface area contributed by atoms with Crippen molar-refractivity contribution in [2.24, 2.45) is 0 Å². The van der Waals surface area contributed by atoms with Crippen molar-refractivity contribution in [3.63, 3.8) is 0 Å². The van der Waals surface area contributed by atoms with Gasteiger partial charge in [-0.05, 0) is 24.3 Å². The number of morpholine rings is 1. The van der Waals surface area contributed by atoms with E-state index in [1.165, 1.54) is 16.1 Å². The number of rotatable bonds is 1. The van der Waals surface area contributed by atoms with E-state index in [0.29, 0.717) is 6.61 Å². The zero-order valence-electron chi connectivity index (χ0n) is 10.0. The minimum Gasteiger partial charge on any atom is -0.378 e. The molecule has 1 aliphatic carbocycles. The van der Waals surface area contributed by atoms with E-state index in [9.17, 15) is 0 Å². The van der Waals surface area contributed by atoms with Gasteiger partial charge in [0.25, 0.3) is 0 Å². The molecule has 1 aliphatic heterocycles. The summed E-state index contributed by atoms with van der Waals surface area (Å²) < 4.78 is 5.50. The fraction of sp³-hybridized carbons (Fsp3) is 0.462. The predicted molar refractivity (Wildman–Crippen MR) is 70.9 cm³/mol. The second-order valence-electron chi connectivity index (χ2n) is 4.79. The van der Waals surface area contributed by atoms with E-state index in [1.54, 1.807) is 0 Å². The van der Waals surface area contributed by atoms with E-state index >= 15 is 0 Å². The quantitative estimate of drug-likeness (QED) is 0.824. The van der Waals surface area contributed by atoms with Gasteiger partial charge in [-0.2, -0.15) is 0 Å². The summed E-state index contributed by atoms with van der Waals surface area (Å²) in [5, 5.41) is 5.61. The fourth-order valence-corrected chi connectivity index (χ4v) is 3.60. The van der Waals surface area contributed by atoms with Crippen molar-refractivity contribution in [1.82, 2.24) is 15.3 Å². The van der Waals surface area contributed by atoms with Crippen molar-refractivity contribution in [2.75, 3.05) is 19.8 Å². The predicted octanol–water partition coefficient (Wildman–Crippen LogP) is 1.90. The zero-order valence-corrected chi connectivity index (χ0v) is 10.8. The SMILES string of the molecule is c1cc2c(s1)CCc1[nH]c(C3COCCN3)nc1-2. The van der Waals surface area contributed by atoms with Gasteiger partial charge in [-0.1, -0.05) is 0 Å². The summed E-state index contributed by atoms with van der Waals surface area (Å²) >= 11 is 1.84. The first-order valence-corrected chi connectivity index (χ1v) is 7.26. The highest BCUT2D eigenvalue weighted by Crippen LogP contribution is 2.35. The summed E-state index contributed by atoms with van der Waals surface area (Å²) in [7, 11) is 0. The highest BCUT2D eigenvalue weighted by atomic mass is 32.1. The van der Waals surface area contributed by atoms with Crippen LogP contribution in [-0.4, -0.2) is 29.7 Å². The Kier molecular flexibility index (Phi) is 2.50. The molecule has 4 rings (SSSR count). The van der Waals surface area contributed by atoms with Gasteiger partial charge in [-0.3, -0.25) is 0 Å². The molecule has 0 aromatic carbocycles. The molecule has 2 aromatic rings. The number of thiophene rings is 1. The van der Waals surface area contributed by atoms with Gasteiger partial charge in [0.15, 0.2) is 0 Å². The molecule has 0 amide bonds. The largest absolute Gasteiger partial charge is 0.378 e.